The zero-order valence-electron chi connectivity index (χ0n) is 11.7. The van der Waals surface area contributed by atoms with E-state index in [2.05, 4.69) is 10.2 Å². The first-order valence-corrected chi connectivity index (χ1v) is 5.98. The van der Waals surface area contributed by atoms with Crippen LogP contribution >= 0.6 is 0 Å². The number of ether oxygens (including phenoxy) is 6. The molecule has 0 aliphatic carbocycles. The van der Waals surface area contributed by atoms with Crippen LogP contribution in [0.1, 0.15) is 20.8 Å². The first-order chi connectivity index (χ1) is 8.44. The summed E-state index contributed by atoms with van der Waals surface area (Å²) in [7, 11) is 7.85. The molecule has 7 heteroatoms. The molecular formula is C11H21O6Si. The standard InChI is InChI=1S/C11H21O6Si/c1-7(12-4)15-10(16-8(2)13-5)11(18)17-9(3)14-6/h7-9H,1-6H3. The molecule has 0 saturated heterocycles. The molecule has 0 aliphatic rings. The van der Waals surface area contributed by atoms with Crippen LogP contribution in [0.3, 0.4) is 0 Å². The average molecular weight is 277 g/mol. The van der Waals surface area contributed by atoms with Crippen molar-refractivity contribution in [3.63, 3.8) is 0 Å². The van der Waals surface area contributed by atoms with E-state index in [1.165, 1.54) is 21.3 Å². The summed E-state index contributed by atoms with van der Waals surface area (Å²) < 4.78 is 31.1. The van der Waals surface area contributed by atoms with Gasteiger partial charge >= 0.3 is 5.95 Å². The van der Waals surface area contributed by atoms with Gasteiger partial charge in [-0.1, -0.05) is 0 Å². The molecule has 18 heavy (non-hydrogen) atoms. The van der Waals surface area contributed by atoms with Gasteiger partial charge in [-0.15, -0.1) is 0 Å². The van der Waals surface area contributed by atoms with Gasteiger partial charge in [0.15, 0.2) is 18.9 Å². The number of methoxy groups -OCH3 is 3. The van der Waals surface area contributed by atoms with Gasteiger partial charge in [0, 0.05) is 21.3 Å². The van der Waals surface area contributed by atoms with Crippen molar-refractivity contribution in [2.45, 2.75) is 39.6 Å². The minimum absolute atomic E-state index is 0.124. The Kier molecular flexibility index (Phi) is 8.81. The molecule has 105 valence electrons. The van der Waals surface area contributed by atoms with E-state index in [1.807, 2.05) is 0 Å². The summed E-state index contributed by atoms with van der Waals surface area (Å²) in [5.74, 6) is 0.124. The molecule has 0 aromatic rings. The molecule has 0 aliphatic heterocycles. The van der Waals surface area contributed by atoms with Crippen LogP contribution in [0, 0.1) is 0 Å². The maximum atomic E-state index is 5.41. The van der Waals surface area contributed by atoms with Gasteiger partial charge in [0.25, 0.3) is 0 Å². The Labute approximate surface area is 112 Å². The second-order valence-electron chi connectivity index (χ2n) is 3.38. The van der Waals surface area contributed by atoms with Crippen LogP contribution in [-0.2, 0) is 28.4 Å². The second-order valence-corrected chi connectivity index (χ2v) is 3.83. The lowest BCUT2D eigenvalue weighted by Crippen LogP contribution is -2.21. The Hall–Kier alpha value is -0.763. The van der Waals surface area contributed by atoms with Gasteiger partial charge in [0.2, 0.25) is 0 Å². The van der Waals surface area contributed by atoms with Gasteiger partial charge in [0.1, 0.15) is 15.6 Å². The molecule has 3 radical (unpaired) electrons. The van der Waals surface area contributed by atoms with Crippen molar-refractivity contribution < 1.29 is 28.4 Å². The van der Waals surface area contributed by atoms with Crippen molar-refractivity contribution in [2.75, 3.05) is 21.3 Å². The molecular weight excluding hydrogens is 256 g/mol. The van der Waals surface area contributed by atoms with Gasteiger partial charge in [-0.25, -0.2) is 0 Å². The van der Waals surface area contributed by atoms with Crippen molar-refractivity contribution >= 4 is 10.2 Å². The topological polar surface area (TPSA) is 55.4 Å². The highest BCUT2D eigenvalue weighted by molar-refractivity contribution is 6.20. The summed E-state index contributed by atoms with van der Waals surface area (Å²) in [5, 5.41) is 0.261. The van der Waals surface area contributed by atoms with Crippen molar-refractivity contribution in [2.24, 2.45) is 0 Å². The zero-order chi connectivity index (χ0) is 14.1. The normalized spacial score (nSPS) is 15.5. The summed E-state index contributed by atoms with van der Waals surface area (Å²) in [4.78, 5) is 0. The minimum atomic E-state index is -0.489. The average Bonchev–Trinajstić information content (AvgIpc) is 2.36. The van der Waals surface area contributed by atoms with Gasteiger partial charge in [-0.05, 0) is 20.8 Å². The van der Waals surface area contributed by atoms with E-state index in [0.717, 1.165) is 0 Å². The van der Waals surface area contributed by atoms with Crippen LogP contribution in [0.5, 0.6) is 0 Å². The highest BCUT2D eigenvalue weighted by atomic mass is 28.1. The van der Waals surface area contributed by atoms with Crippen molar-refractivity contribution in [1.29, 1.82) is 0 Å². The summed E-state index contributed by atoms with van der Waals surface area (Å²) in [6, 6.07) is 0. The number of hydrogen-bond acceptors (Lipinski definition) is 6. The number of rotatable bonds is 9. The predicted octanol–water partition coefficient (Wildman–Crippen LogP) is 1.31. The molecule has 0 amide bonds. The van der Waals surface area contributed by atoms with Crippen molar-refractivity contribution in [3.8, 4) is 0 Å². The van der Waals surface area contributed by atoms with E-state index in [0.29, 0.717) is 0 Å². The predicted molar refractivity (Wildman–Crippen MR) is 65.4 cm³/mol. The van der Waals surface area contributed by atoms with Gasteiger partial charge in [0.05, 0.1) is 0 Å². The lowest BCUT2D eigenvalue weighted by atomic mass is 10.7. The summed E-state index contributed by atoms with van der Waals surface area (Å²) in [5.41, 5.74) is 0. The largest absolute Gasteiger partial charge is 0.468 e. The third-order valence-electron chi connectivity index (χ3n) is 2.01. The summed E-state index contributed by atoms with van der Waals surface area (Å²) in [6.45, 7) is 5.18. The summed E-state index contributed by atoms with van der Waals surface area (Å²) >= 11 is 0. The highest BCUT2D eigenvalue weighted by Gasteiger charge is 2.16. The molecule has 6 nitrogen and oxygen atoms in total. The van der Waals surface area contributed by atoms with E-state index in [4.69, 9.17) is 28.4 Å². The van der Waals surface area contributed by atoms with Crippen LogP contribution in [0.25, 0.3) is 0 Å². The molecule has 0 aromatic carbocycles. The maximum absolute atomic E-state index is 5.41. The molecule has 0 spiro atoms. The molecule has 0 bridgehead atoms. The fourth-order valence-corrected chi connectivity index (χ4v) is 1.08. The Morgan fingerprint density at radius 3 is 1.39 bits per heavy atom. The quantitative estimate of drug-likeness (QED) is 0.360. The lowest BCUT2D eigenvalue weighted by molar-refractivity contribution is -0.182. The van der Waals surface area contributed by atoms with Crippen LogP contribution in [0.2, 0.25) is 0 Å². The van der Waals surface area contributed by atoms with Crippen LogP contribution in [-0.4, -0.2) is 50.4 Å². The Bertz CT molecular complexity index is 244. The van der Waals surface area contributed by atoms with E-state index in [9.17, 15) is 0 Å². The molecule has 0 aromatic heterocycles. The summed E-state index contributed by atoms with van der Waals surface area (Å²) in [6.07, 6.45) is -1.43. The fourth-order valence-electron chi connectivity index (χ4n) is 0.795. The van der Waals surface area contributed by atoms with Crippen molar-refractivity contribution in [3.05, 3.63) is 11.3 Å². The smallest absolute Gasteiger partial charge is 0.317 e. The molecule has 0 heterocycles. The first kappa shape index (κ1) is 17.2. The molecule has 0 saturated carbocycles. The Balaban J connectivity index is 4.74. The molecule has 3 atom stereocenters. The third-order valence-corrected chi connectivity index (χ3v) is 2.33. The highest BCUT2D eigenvalue weighted by Crippen LogP contribution is 2.15. The van der Waals surface area contributed by atoms with E-state index in [-0.39, 0.29) is 11.3 Å². The molecule has 0 fully saturated rings. The molecule has 0 rings (SSSR count). The Morgan fingerprint density at radius 2 is 1.06 bits per heavy atom. The maximum Gasteiger partial charge on any atom is 0.317 e. The van der Waals surface area contributed by atoms with Crippen LogP contribution < -0.4 is 0 Å². The van der Waals surface area contributed by atoms with Gasteiger partial charge in [-0.3, -0.25) is 0 Å². The lowest BCUT2D eigenvalue weighted by Gasteiger charge is -2.22. The van der Waals surface area contributed by atoms with Gasteiger partial charge in [-0.2, -0.15) is 0 Å². The first-order valence-electron chi connectivity index (χ1n) is 5.48. The van der Waals surface area contributed by atoms with E-state index in [1.54, 1.807) is 20.8 Å². The second kappa shape index (κ2) is 9.20. The van der Waals surface area contributed by atoms with Crippen LogP contribution in [0.4, 0.5) is 0 Å². The number of hydrogen-bond donors (Lipinski definition) is 0. The van der Waals surface area contributed by atoms with Gasteiger partial charge < -0.3 is 28.4 Å². The third kappa shape index (κ3) is 6.85. The van der Waals surface area contributed by atoms with E-state index < -0.39 is 18.9 Å². The van der Waals surface area contributed by atoms with Crippen LogP contribution in [0.15, 0.2) is 11.3 Å². The fraction of sp³-hybridized carbons (Fsp3) is 0.818. The van der Waals surface area contributed by atoms with Crippen molar-refractivity contribution in [1.82, 2.24) is 0 Å². The van der Waals surface area contributed by atoms with E-state index >= 15 is 0 Å². The Morgan fingerprint density at radius 1 is 0.722 bits per heavy atom. The molecule has 3 unspecified atom stereocenters. The zero-order valence-corrected chi connectivity index (χ0v) is 12.7. The minimum Gasteiger partial charge on any atom is -0.468 e. The molecule has 0 N–H and O–H groups in total. The monoisotopic (exact) mass is 277 g/mol. The SMILES string of the molecule is COC(C)OC([Si])=C(OC(C)OC)OC(C)OC.